The van der Waals surface area contributed by atoms with E-state index in [0.717, 1.165) is 6.07 Å². The molecule has 0 aromatic heterocycles. The van der Waals surface area contributed by atoms with E-state index in [1.807, 2.05) is 0 Å². The monoisotopic (exact) mass is 269 g/mol. The number of nitro groups is 1. The lowest BCUT2D eigenvalue weighted by Gasteiger charge is -2.19. The summed E-state index contributed by atoms with van der Waals surface area (Å²) in [6.45, 7) is 1.08. The molecule has 8 heteroatoms. The van der Waals surface area contributed by atoms with Crippen molar-refractivity contribution in [1.82, 2.24) is 5.32 Å². The Kier molecular flexibility index (Phi) is 4.79. The molecule has 0 fully saturated rings. The normalized spacial score (nSPS) is 13.6. The summed E-state index contributed by atoms with van der Waals surface area (Å²) in [5, 5.41) is 32.5. The van der Waals surface area contributed by atoms with E-state index in [0.29, 0.717) is 0 Å². The predicted molar refractivity (Wildman–Crippen MR) is 67.2 cm³/mol. The standard InChI is InChI=1S/C11H15N3O5/c1-6(15)13-5-10(16)11(17)8-4-7(14(18)19)2-3-9(8)12/h2-4,10-11,16-17H,5,12H2,1H3,(H,13,15). The molecule has 19 heavy (non-hydrogen) atoms. The van der Waals surface area contributed by atoms with Gasteiger partial charge in [0, 0.05) is 36.9 Å². The largest absolute Gasteiger partial charge is 0.398 e. The van der Waals surface area contributed by atoms with Crippen LogP contribution >= 0.6 is 0 Å². The van der Waals surface area contributed by atoms with E-state index >= 15 is 0 Å². The van der Waals surface area contributed by atoms with Gasteiger partial charge in [0.05, 0.1) is 4.92 Å². The third-order valence-corrected chi connectivity index (χ3v) is 2.52. The van der Waals surface area contributed by atoms with Crippen molar-refractivity contribution >= 4 is 17.3 Å². The molecule has 8 nitrogen and oxygen atoms in total. The molecule has 1 amide bonds. The second kappa shape index (κ2) is 6.12. The molecular formula is C11H15N3O5. The minimum absolute atomic E-state index is 0.0482. The molecule has 0 aliphatic heterocycles. The van der Waals surface area contributed by atoms with Crippen LogP contribution in [-0.2, 0) is 4.79 Å². The second-order valence-electron chi connectivity index (χ2n) is 4.02. The maximum Gasteiger partial charge on any atom is 0.269 e. The van der Waals surface area contributed by atoms with Crippen LogP contribution in [0.2, 0.25) is 0 Å². The number of nitro benzene ring substituents is 1. The molecule has 0 aliphatic rings. The minimum Gasteiger partial charge on any atom is -0.398 e. The van der Waals surface area contributed by atoms with Crippen molar-refractivity contribution in [2.24, 2.45) is 0 Å². The highest BCUT2D eigenvalue weighted by Gasteiger charge is 2.22. The summed E-state index contributed by atoms with van der Waals surface area (Å²) in [6.07, 6.45) is -2.74. The molecule has 0 heterocycles. The topological polar surface area (TPSA) is 139 Å². The van der Waals surface area contributed by atoms with Crippen molar-refractivity contribution < 1.29 is 19.9 Å². The molecule has 1 aromatic rings. The molecule has 1 aromatic carbocycles. The Balaban J connectivity index is 2.91. The number of non-ortho nitro benzene ring substituents is 1. The van der Waals surface area contributed by atoms with Crippen LogP contribution in [0.1, 0.15) is 18.6 Å². The second-order valence-corrected chi connectivity index (χ2v) is 4.02. The van der Waals surface area contributed by atoms with Crippen LogP contribution in [0, 0.1) is 10.1 Å². The quantitative estimate of drug-likeness (QED) is 0.329. The molecular weight excluding hydrogens is 254 g/mol. The van der Waals surface area contributed by atoms with Crippen molar-refractivity contribution in [3.63, 3.8) is 0 Å². The fourth-order valence-corrected chi connectivity index (χ4v) is 1.50. The number of nitrogens with one attached hydrogen (secondary N) is 1. The third kappa shape index (κ3) is 3.90. The zero-order valence-corrected chi connectivity index (χ0v) is 10.2. The number of nitrogens with two attached hydrogens (primary N) is 1. The number of rotatable bonds is 5. The average molecular weight is 269 g/mol. The van der Waals surface area contributed by atoms with Crippen LogP contribution in [0.5, 0.6) is 0 Å². The zero-order valence-electron chi connectivity index (χ0n) is 10.2. The Morgan fingerprint density at radius 1 is 1.53 bits per heavy atom. The molecule has 0 bridgehead atoms. The number of aliphatic hydroxyl groups is 2. The molecule has 0 saturated carbocycles. The molecule has 0 aliphatic carbocycles. The van der Waals surface area contributed by atoms with Gasteiger partial charge in [-0.15, -0.1) is 0 Å². The van der Waals surface area contributed by atoms with Gasteiger partial charge in [-0.1, -0.05) is 0 Å². The number of benzene rings is 1. The van der Waals surface area contributed by atoms with Gasteiger partial charge in [-0.2, -0.15) is 0 Å². The number of carbonyl (C=O) groups excluding carboxylic acids is 1. The van der Waals surface area contributed by atoms with Crippen molar-refractivity contribution in [1.29, 1.82) is 0 Å². The molecule has 0 radical (unpaired) electrons. The van der Waals surface area contributed by atoms with Crippen LogP contribution in [0.25, 0.3) is 0 Å². The van der Waals surface area contributed by atoms with Gasteiger partial charge >= 0.3 is 0 Å². The molecule has 1 rings (SSSR count). The number of amides is 1. The Bertz CT molecular complexity index is 491. The number of carbonyl (C=O) groups is 1. The smallest absolute Gasteiger partial charge is 0.269 e. The van der Waals surface area contributed by atoms with Gasteiger partial charge < -0.3 is 21.3 Å². The maximum absolute atomic E-state index is 10.7. The van der Waals surface area contributed by atoms with Crippen LogP contribution in [0.15, 0.2) is 18.2 Å². The highest BCUT2D eigenvalue weighted by molar-refractivity contribution is 5.72. The molecule has 2 atom stereocenters. The lowest BCUT2D eigenvalue weighted by atomic mass is 10.0. The first-order valence-corrected chi connectivity index (χ1v) is 5.47. The van der Waals surface area contributed by atoms with Crippen LogP contribution in [0.3, 0.4) is 0 Å². The summed E-state index contributed by atoms with van der Waals surface area (Å²) in [5.74, 6) is -0.363. The van der Waals surface area contributed by atoms with Gasteiger partial charge in [-0.25, -0.2) is 0 Å². The summed E-state index contributed by atoms with van der Waals surface area (Å²) < 4.78 is 0. The number of nitrogen functional groups attached to an aromatic ring is 1. The number of nitrogens with zero attached hydrogens (tertiary/aromatic N) is 1. The van der Waals surface area contributed by atoms with Crippen molar-refractivity contribution in [3.05, 3.63) is 33.9 Å². The van der Waals surface area contributed by atoms with Crippen LogP contribution < -0.4 is 11.1 Å². The van der Waals surface area contributed by atoms with Gasteiger partial charge in [0.15, 0.2) is 0 Å². The first kappa shape index (κ1) is 14.9. The Morgan fingerprint density at radius 3 is 2.68 bits per heavy atom. The molecule has 2 unspecified atom stereocenters. The van der Waals surface area contributed by atoms with Gasteiger partial charge in [0.1, 0.15) is 12.2 Å². The third-order valence-electron chi connectivity index (χ3n) is 2.52. The van der Waals surface area contributed by atoms with Gasteiger partial charge in [0.25, 0.3) is 5.69 Å². The summed E-state index contributed by atoms with van der Waals surface area (Å²) in [7, 11) is 0. The van der Waals surface area contributed by atoms with E-state index < -0.39 is 17.1 Å². The van der Waals surface area contributed by atoms with E-state index in [1.54, 1.807) is 0 Å². The Morgan fingerprint density at radius 2 is 2.16 bits per heavy atom. The fraction of sp³-hybridized carbons (Fsp3) is 0.364. The molecule has 0 saturated heterocycles. The lowest BCUT2D eigenvalue weighted by molar-refractivity contribution is -0.385. The van der Waals surface area contributed by atoms with E-state index in [-0.39, 0.29) is 29.4 Å². The van der Waals surface area contributed by atoms with Crippen molar-refractivity contribution in [2.45, 2.75) is 19.1 Å². The van der Waals surface area contributed by atoms with Gasteiger partial charge in [-0.3, -0.25) is 14.9 Å². The van der Waals surface area contributed by atoms with Crippen molar-refractivity contribution in [2.75, 3.05) is 12.3 Å². The zero-order chi connectivity index (χ0) is 14.6. The first-order chi connectivity index (χ1) is 8.82. The SMILES string of the molecule is CC(=O)NCC(O)C(O)c1cc([N+](=O)[O-])ccc1N. The highest BCUT2D eigenvalue weighted by atomic mass is 16.6. The first-order valence-electron chi connectivity index (χ1n) is 5.47. The summed E-state index contributed by atoms with van der Waals surface area (Å²) in [4.78, 5) is 20.7. The van der Waals surface area contributed by atoms with Crippen molar-refractivity contribution in [3.8, 4) is 0 Å². The molecule has 5 N–H and O–H groups in total. The van der Waals surface area contributed by atoms with Gasteiger partial charge in [0.2, 0.25) is 5.91 Å². The van der Waals surface area contributed by atoms with E-state index in [4.69, 9.17) is 5.73 Å². The summed E-state index contributed by atoms with van der Waals surface area (Å²) >= 11 is 0. The maximum atomic E-state index is 10.7. The van der Waals surface area contributed by atoms with Gasteiger partial charge in [-0.05, 0) is 6.07 Å². The Hall–Kier alpha value is -2.19. The molecule has 104 valence electrons. The average Bonchev–Trinajstić information content (AvgIpc) is 2.35. The lowest BCUT2D eigenvalue weighted by Crippen LogP contribution is -2.34. The summed E-state index contributed by atoms with van der Waals surface area (Å²) in [6, 6.07) is 3.57. The number of anilines is 1. The number of hydrogen-bond donors (Lipinski definition) is 4. The number of aliphatic hydroxyl groups excluding tert-OH is 2. The predicted octanol–water partition coefficient (Wildman–Crippen LogP) is -0.293. The fourth-order valence-electron chi connectivity index (χ4n) is 1.50. The van der Waals surface area contributed by atoms with E-state index in [2.05, 4.69) is 5.32 Å². The number of hydrogen-bond acceptors (Lipinski definition) is 6. The van der Waals surface area contributed by atoms with E-state index in [9.17, 15) is 25.1 Å². The highest BCUT2D eigenvalue weighted by Crippen LogP contribution is 2.27. The minimum atomic E-state index is -1.42. The molecule has 0 spiro atoms. The summed E-state index contributed by atoms with van der Waals surface area (Å²) in [5.41, 5.74) is 5.54. The van der Waals surface area contributed by atoms with E-state index in [1.165, 1.54) is 19.1 Å². The Labute approximate surface area is 109 Å². The van der Waals surface area contributed by atoms with Crippen LogP contribution in [0.4, 0.5) is 11.4 Å². The van der Waals surface area contributed by atoms with Crippen LogP contribution in [-0.4, -0.2) is 33.7 Å².